The van der Waals surface area contributed by atoms with E-state index in [0.717, 1.165) is 6.92 Å². The molecule has 0 saturated carbocycles. The Balaban J connectivity index is -0.0000000676. The monoisotopic (exact) mass is 254 g/mol. The van der Waals surface area contributed by atoms with Crippen LogP contribution in [0.4, 0.5) is 0 Å². The van der Waals surface area contributed by atoms with Crippen LogP contribution < -0.4 is 0 Å². The van der Waals surface area contributed by atoms with Crippen molar-refractivity contribution >= 4 is 11.8 Å². The fourth-order valence-corrected chi connectivity index (χ4v) is 0. The summed E-state index contributed by atoms with van der Waals surface area (Å²) in [5.74, 6) is -0.579. The number of methoxy groups -OCH3 is 1. The number of hydrogen-bond donors (Lipinski definition) is 3. The smallest absolute Gasteiger partial charge is 0.300 e. The first-order valence-electron chi connectivity index (χ1n) is 5.07. The van der Waals surface area contributed by atoms with E-state index in [2.05, 4.69) is 4.74 Å². The number of aliphatic hydroxyl groups excluding tert-OH is 2. The number of hydrogen-bond acceptors (Lipinski definition) is 5. The SMILES string of the molecule is CC(=O)O.CC(O)CO.CCC(C)=O.COC. The quantitative estimate of drug-likeness (QED) is 0.670. The van der Waals surface area contributed by atoms with Gasteiger partial charge in [0.2, 0.25) is 0 Å². The highest BCUT2D eigenvalue weighted by Gasteiger charge is 1.83. The Labute approximate surface area is 103 Å². The number of aliphatic carboxylic acids is 1. The van der Waals surface area contributed by atoms with Gasteiger partial charge in [-0.1, -0.05) is 6.92 Å². The maximum absolute atomic E-state index is 9.81. The van der Waals surface area contributed by atoms with Crippen LogP contribution >= 0.6 is 0 Å². The zero-order chi connectivity index (χ0) is 14.9. The standard InChI is InChI=1S/C4H8O.C3H8O2.C2H4O2.C2H6O/c1-3-4(2)5;1-3(5)2-4;1-2(3)4;1-3-2/h3H2,1-2H3;3-5H,2H2,1H3;1H3,(H,3,4);1-2H3. The first-order valence-corrected chi connectivity index (χ1v) is 5.07. The van der Waals surface area contributed by atoms with Crippen molar-refractivity contribution in [3.05, 3.63) is 0 Å². The summed E-state index contributed by atoms with van der Waals surface area (Å²) in [6, 6.07) is 0. The zero-order valence-corrected chi connectivity index (χ0v) is 11.6. The molecule has 0 aromatic carbocycles. The Hall–Kier alpha value is -0.980. The number of ether oxygens (including phenoxy) is 1. The molecule has 0 heterocycles. The summed E-state index contributed by atoms with van der Waals surface area (Å²) in [6.45, 7) is 5.91. The molecule has 0 aliphatic rings. The maximum Gasteiger partial charge on any atom is 0.300 e. The van der Waals surface area contributed by atoms with Gasteiger partial charge in [-0.25, -0.2) is 0 Å². The molecule has 0 saturated heterocycles. The van der Waals surface area contributed by atoms with Gasteiger partial charge in [0.25, 0.3) is 5.97 Å². The van der Waals surface area contributed by atoms with Crippen molar-refractivity contribution in [1.82, 2.24) is 0 Å². The molecule has 0 amide bonds. The zero-order valence-electron chi connectivity index (χ0n) is 11.6. The van der Waals surface area contributed by atoms with Crippen molar-refractivity contribution < 1.29 is 29.6 Å². The summed E-state index contributed by atoms with van der Waals surface area (Å²) < 4.78 is 4.25. The van der Waals surface area contributed by atoms with Gasteiger partial charge in [-0.3, -0.25) is 4.79 Å². The molecule has 6 heteroatoms. The highest BCUT2D eigenvalue weighted by molar-refractivity contribution is 5.74. The minimum atomic E-state index is -0.833. The average molecular weight is 254 g/mol. The highest BCUT2D eigenvalue weighted by Crippen LogP contribution is 1.71. The van der Waals surface area contributed by atoms with Crippen molar-refractivity contribution in [3.63, 3.8) is 0 Å². The van der Waals surface area contributed by atoms with E-state index in [9.17, 15) is 4.79 Å². The molecule has 0 aromatic rings. The van der Waals surface area contributed by atoms with Gasteiger partial charge in [-0.2, -0.15) is 0 Å². The van der Waals surface area contributed by atoms with E-state index in [-0.39, 0.29) is 12.4 Å². The normalized spacial score (nSPS) is 9.18. The molecule has 0 spiro atoms. The molecule has 0 aliphatic carbocycles. The van der Waals surface area contributed by atoms with E-state index in [1.165, 1.54) is 6.92 Å². The number of Topliss-reactive ketones (excluding diaryl/α,β-unsaturated/α-hetero) is 1. The van der Waals surface area contributed by atoms with Gasteiger partial charge < -0.3 is 24.9 Å². The minimum Gasteiger partial charge on any atom is -0.481 e. The topological polar surface area (TPSA) is 104 Å². The Kier molecular flexibility index (Phi) is 35.8. The summed E-state index contributed by atoms with van der Waals surface area (Å²) in [6.07, 6.45) is 0.106. The third kappa shape index (κ3) is 279. The summed E-state index contributed by atoms with van der Waals surface area (Å²) in [5.41, 5.74) is 0. The first kappa shape index (κ1) is 25.0. The molecular formula is C11H26O6. The van der Waals surface area contributed by atoms with Crippen LogP contribution in [-0.4, -0.2) is 54.0 Å². The van der Waals surface area contributed by atoms with Crippen LogP contribution in [0.3, 0.4) is 0 Å². The van der Waals surface area contributed by atoms with Gasteiger partial charge in [0, 0.05) is 27.6 Å². The molecule has 0 fully saturated rings. The van der Waals surface area contributed by atoms with Crippen molar-refractivity contribution in [2.24, 2.45) is 0 Å². The average Bonchev–Trinajstić information content (AvgIpc) is 2.19. The third-order valence-corrected chi connectivity index (χ3v) is 0.762. The highest BCUT2D eigenvalue weighted by atomic mass is 16.4. The van der Waals surface area contributed by atoms with Gasteiger partial charge >= 0.3 is 0 Å². The number of rotatable bonds is 2. The van der Waals surface area contributed by atoms with E-state index < -0.39 is 12.1 Å². The number of carboxylic acid groups (broad SMARTS) is 1. The summed E-state index contributed by atoms with van der Waals surface area (Å²) in [7, 11) is 3.25. The van der Waals surface area contributed by atoms with Gasteiger partial charge in [-0.15, -0.1) is 0 Å². The minimum absolute atomic E-state index is 0.139. The van der Waals surface area contributed by atoms with E-state index in [1.54, 1.807) is 21.1 Å². The number of ketones is 1. The van der Waals surface area contributed by atoms with Gasteiger partial charge in [0.05, 0.1) is 12.7 Å². The van der Waals surface area contributed by atoms with E-state index in [1.807, 2.05) is 6.92 Å². The molecule has 0 aromatic heterocycles. The fourth-order valence-electron chi connectivity index (χ4n) is 0. The van der Waals surface area contributed by atoms with Gasteiger partial charge in [0.1, 0.15) is 5.78 Å². The van der Waals surface area contributed by atoms with Crippen LogP contribution in [0.5, 0.6) is 0 Å². The second-order valence-electron chi connectivity index (χ2n) is 3.01. The second kappa shape index (κ2) is 24.3. The molecule has 0 rings (SSSR count). The molecule has 0 radical (unpaired) electrons. The number of carbonyl (C=O) groups is 2. The number of aliphatic hydroxyl groups is 2. The Morgan fingerprint density at radius 3 is 1.35 bits per heavy atom. The van der Waals surface area contributed by atoms with Gasteiger partial charge in [-0.05, 0) is 13.8 Å². The van der Waals surface area contributed by atoms with E-state index >= 15 is 0 Å². The number of carbonyl (C=O) groups excluding carboxylic acids is 1. The first-order chi connectivity index (χ1) is 7.69. The van der Waals surface area contributed by atoms with E-state index in [0.29, 0.717) is 6.42 Å². The van der Waals surface area contributed by atoms with Crippen LogP contribution in [0, 0.1) is 0 Å². The van der Waals surface area contributed by atoms with Crippen LogP contribution in [0.15, 0.2) is 0 Å². The molecular weight excluding hydrogens is 228 g/mol. The van der Waals surface area contributed by atoms with Crippen LogP contribution in [0.25, 0.3) is 0 Å². The lowest BCUT2D eigenvalue weighted by atomic mass is 10.4. The van der Waals surface area contributed by atoms with Crippen molar-refractivity contribution in [2.75, 3.05) is 20.8 Å². The summed E-state index contributed by atoms with van der Waals surface area (Å²) in [4.78, 5) is 18.8. The van der Waals surface area contributed by atoms with Crippen molar-refractivity contribution in [1.29, 1.82) is 0 Å². The molecule has 0 bridgehead atoms. The maximum atomic E-state index is 9.81. The Bertz CT molecular complexity index is 152. The lowest BCUT2D eigenvalue weighted by Crippen LogP contribution is -2.03. The van der Waals surface area contributed by atoms with Crippen LogP contribution in [-0.2, 0) is 14.3 Å². The molecule has 6 nitrogen and oxygen atoms in total. The van der Waals surface area contributed by atoms with Crippen LogP contribution in [0.1, 0.15) is 34.1 Å². The van der Waals surface area contributed by atoms with Gasteiger partial charge in [0.15, 0.2) is 0 Å². The molecule has 0 aliphatic heterocycles. The predicted octanol–water partition coefficient (Wildman–Crippen LogP) is 0.698. The van der Waals surface area contributed by atoms with E-state index in [4.69, 9.17) is 20.1 Å². The Morgan fingerprint density at radius 2 is 1.35 bits per heavy atom. The predicted molar refractivity (Wildman–Crippen MR) is 66.0 cm³/mol. The molecule has 1 atom stereocenters. The Morgan fingerprint density at radius 1 is 1.24 bits per heavy atom. The molecule has 17 heavy (non-hydrogen) atoms. The fraction of sp³-hybridized carbons (Fsp3) is 0.818. The molecule has 3 N–H and O–H groups in total. The lowest BCUT2D eigenvalue weighted by molar-refractivity contribution is -0.134. The third-order valence-electron chi connectivity index (χ3n) is 0.762. The van der Waals surface area contributed by atoms with Crippen molar-refractivity contribution in [3.8, 4) is 0 Å². The lowest BCUT2D eigenvalue weighted by Gasteiger charge is -1.90. The summed E-state index contributed by atoms with van der Waals surface area (Å²) in [5, 5.41) is 23.4. The molecule has 1 unspecified atom stereocenters. The second-order valence-corrected chi connectivity index (χ2v) is 3.01. The molecule has 106 valence electrons. The van der Waals surface area contributed by atoms with Crippen LogP contribution in [0.2, 0.25) is 0 Å². The van der Waals surface area contributed by atoms with Crippen molar-refractivity contribution in [2.45, 2.75) is 40.2 Å². The summed E-state index contributed by atoms with van der Waals surface area (Å²) >= 11 is 0. The largest absolute Gasteiger partial charge is 0.481 e. The number of carboxylic acids is 1.